The van der Waals surface area contributed by atoms with E-state index in [0.717, 1.165) is 5.56 Å². The molecule has 0 saturated carbocycles. The number of nitrogens with one attached hydrogen (secondary N) is 1. The Morgan fingerprint density at radius 3 is 2.93 bits per heavy atom. The van der Waals surface area contributed by atoms with Crippen LogP contribution in [0.4, 0.5) is 0 Å². The molecule has 0 spiro atoms. The number of benzene rings is 1. The van der Waals surface area contributed by atoms with E-state index in [1.54, 1.807) is 56.1 Å². The molecule has 0 aliphatic carbocycles. The van der Waals surface area contributed by atoms with Gasteiger partial charge in [0, 0.05) is 24.0 Å². The minimum atomic E-state index is -0.695. The van der Waals surface area contributed by atoms with Crippen molar-refractivity contribution in [3.63, 3.8) is 0 Å². The zero-order valence-corrected chi connectivity index (χ0v) is 14.5. The van der Waals surface area contributed by atoms with Crippen molar-refractivity contribution in [2.45, 2.75) is 19.6 Å². The Balaban J connectivity index is 1.38. The average molecular weight is 367 g/mol. The van der Waals surface area contributed by atoms with Crippen LogP contribution in [0, 0.1) is 0 Å². The molecular formula is C19H17N3O5. The Labute approximate surface area is 155 Å². The van der Waals surface area contributed by atoms with Crippen LogP contribution in [0.3, 0.4) is 0 Å². The number of carbonyl (C=O) groups is 1. The Kier molecular flexibility index (Phi) is 4.61. The van der Waals surface area contributed by atoms with Gasteiger partial charge in [-0.25, -0.2) is 0 Å². The van der Waals surface area contributed by atoms with E-state index in [1.807, 2.05) is 0 Å². The predicted molar refractivity (Wildman–Crippen MR) is 94.2 cm³/mol. The van der Waals surface area contributed by atoms with Gasteiger partial charge in [-0.05, 0) is 25.1 Å². The highest BCUT2D eigenvalue weighted by Crippen LogP contribution is 2.35. The number of nitrogens with zero attached hydrogens (tertiary/aromatic N) is 2. The Hall–Kier alpha value is -3.55. The first-order chi connectivity index (χ1) is 13.2. The highest BCUT2D eigenvalue weighted by Gasteiger charge is 2.19. The van der Waals surface area contributed by atoms with Crippen LogP contribution in [0.25, 0.3) is 11.3 Å². The molecule has 1 amide bonds. The molecule has 3 aromatic rings. The number of ether oxygens (including phenoxy) is 3. The summed E-state index contributed by atoms with van der Waals surface area (Å²) in [5, 5.41) is 2.82. The van der Waals surface area contributed by atoms with E-state index >= 15 is 0 Å². The SMILES string of the molecule is C[C@H](Oc1ccc2c(c1)OCO2)C(=O)NCc1nccnc1-c1ccoc1. The lowest BCUT2D eigenvalue weighted by atomic mass is 10.2. The molecule has 138 valence electrons. The number of hydrogen-bond acceptors (Lipinski definition) is 7. The van der Waals surface area contributed by atoms with Crippen LogP contribution in [-0.4, -0.2) is 28.8 Å². The van der Waals surface area contributed by atoms with Gasteiger partial charge in [0.15, 0.2) is 17.6 Å². The highest BCUT2D eigenvalue weighted by molar-refractivity contribution is 5.80. The van der Waals surface area contributed by atoms with Crippen molar-refractivity contribution in [2.75, 3.05) is 6.79 Å². The van der Waals surface area contributed by atoms with Crippen LogP contribution in [-0.2, 0) is 11.3 Å². The molecule has 0 saturated heterocycles. The molecule has 1 aromatic carbocycles. The van der Waals surface area contributed by atoms with Crippen molar-refractivity contribution in [1.82, 2.24) is 15.3 Å². The van der Waals surface area contributed by atoms with Crippen molar-refractivity contribution in [1.29, 1.82) is 0 Å². The highest BCUT2D eigenvalue weighted by atomic mass is 16.7. The predicted octanol–water partition coefficient (Wildman–Crippen LogP) is 2.55. The monoisotopic (exact) mass is 367 g/mol. The Morgan fingerprint density at radius 2 is 2.07 bits per heavy atom. The molecule has 1 aliphatic rings. The molecule has 3 heterocycles. The lowest BCUT2D eigenvalue weighted by molar-refractivity contribution is -0.127. The summed E-state index contributed by atoms with van der Waals surface area (Å²) in [5.74, 6) is 1.52. The molecule has 0 fully saturated rings. The second kappa shape index (κ2) is 7.36. The van der Waals surface area contributed by atoms with Gasteiger partial charge in [0.25, 0.3) is 5.91 Å². The summed E-state index contributed by atoms with van der Waals surface area (Å²) in [7, 11) is 0. The minimum Gasteiger partial charge on any atom is -0.481 e. The summed E-state index contributed by atoms with van der Waals surface area (Å²) in [6, 6.07) is 6.97. The largest absolute Gasteiger partial charge is 0.481 e. The normalized spacial score (nSPS) is 13.2. The molecule has 8 heteroatoms. The van der Waals surface area contributed by atoms with Gasteiger partial charge in [0.05, 0.1) is 30.5 Å². The topological polar surface area (TPSA) is 95.7 Å². The number of fused-ring (bicyclic) bond motifs is 1. The number of rotatable bonds is 6. The molecule has 2 aromatic heterocycles. The third kappa shape index (κ3) is 3.69. The lowest BCUT2D eigenvalue weighted by Gasteiger charge is -2.15. The van der Waals surface area contributed by atoms with Crippen LogP contribution in [0.1, 0.15) is 12.6 Å². The van der Waals surface area contributed by atoms with Gasteiger partial charge in [0.1, 0.15) is 5.75 Å². The van der Waals surface area contributed by atoms with E-state index in [1.165, 1.54) is 0 Å². The summed E-state index contributed by atoms with van der Waals surface area (Å²) >= 11 is 0. The van der Waals surface area contributed by atoms with E-state index in [-0.39, 0.29) is 19.2 Å². The van der Waals surface area contributed by atoms with E-state index < -0.39 is 6.10 Å². The minimum absolute atomic E-state index is 0.186. The van der Waals surface area contributed by atoms with Crippen molar-refractivity contribution >= 4 is 5.91 Å². The fraction of sp³-hybridized carbons (Fsp3) is 0.211. The van der Waals surface area contributed by atoms with Crippen molar-refractivity contribution < 1.29 is 23.4 Å². The summed E-state index contributed by atoms with van der Waals surface area (Å²) in [6.45, 7) is 2.08. The van der Waals surface area contributed by atoms with E-state index in [2.05, 4.69) is 15.3 Å². The fourth-order valence-electron chi connectivity index (χ4n) is 2.66. The van der Waals surface area contributed by atoms with Gasteiger partial charge in [-0.2, -0.15) is 0 Å². The van der Waals surface area contributed by atoms with Gasteiger partial charge in [-0.1, -0.05) is 0 Å². The number of furan rings is 1. The number of hydrogen-bond donors (Lipinski definition) is 1. The quantitative estimate of drug-likeness (QED) is 0.715. The Morgan fingerprint density at radius 1 is 1.22 bits per heavy atom. The molecule has 0 bridgehead atoms. The summed E-state index contributed by atoms with van der Waals surface area (Å²) in [6.07, 6.45) is 5.63. The van der Waals surface area contributed by atoms with Gasteiger partial charge < -0.3 is 23.9 Å². The molecular weight excluding hydrogens is 350 g/mol. The Bertz CT molecular complexity index is 942. The molecule has 1 aliphatic heterocycles. The van der Waals surface area contributed by atoms with Gasteiger partial charge >= 0.3 is 0 Å². The van der Waals surface area contributed by atoms with Gasteiger partial charge in [-0.15, -0.1) is 0 Å². The molecule has 1 N–H and O–H groups in total. The fourth-order valence-corrected chi connectivity index (χ4v) is 2.66. The van der Waals surface area contributed by atoms with Crippen LogP contribution in [0.2, 0.25) is 0 Å². The molecule has 1 atom stereocenters. The first-order valence-corrected chi connectivity index (χ1v) is 8.37. The molecule has 0 unspecified atom stereocenters. The molecule has 8 nitrogen and oxygen atoms in total. The number of carbonyl (C=O) groups excluding carboxylic acids is 1. The summed E-state index contributed by atoms with van der Waals surface area (Å²) in [4.78, 5) is 21.0. The maximum Gasteiger partial charge on any atom is 0.261 e. The third-order valence-electron chi connectivity index (χ3n) is 4.02. The zero-order valence-electron chi connectivity index (χ0n) is 14.5. The van der Waals surface area contributed by atoms with Crippen LogP contribution in [0.5, 0.6) is 17.2 Å². The van der Waals surface area contributed by atoms with Gasteiger partial charge in [-0.3, -0.25) is 14.8 Å². The van der Waals surface area contributed by atoms with Gasteiger partial charge in [0.2, 0.25) is 6.79 Å². The maximum atomic E-state index is 12.4. The zero-order chi connectivity index (χ0) is 18.6. The summed E-state index contributed by atoms with van der Waals surface area (Å²) in [5.41, 5.74) is 2.11. The van der Waals surface area contributed by atoms with Crippen molar-refractivity contribution in [3.05, 3.63) is 54.9 Å². The number of aromatic nitrogens is 2. The smallest absolute Gasteiger partial charge is 0.261 e. The summed E-state index contributed by atoms with van der Waals surface area (Å²) < 4.78 is 21.4. The second-order valence-electron chi connectivity index (χ2n) is 5.86. The molecule has 4 rings (SSSR count). The lowest BCUT2D eigenvalue weighted by Crippen LogP contribution is -2.36. The van der Waals surface area contributed by atoms with Crippen LogP contribution in [0.15, 0.2) is 53.6 Å². The molecule has 27 heavy (non-hydrogen) atoms. The van der Waals surface area contributed by atoms with Crippen molar-refractivity contribution in [3.8, 4) is 28.5 Å². The third-order valence-corrected chi connectivity index (χ3v) is 4.02. The van der Waals surface area contributed by atoms with E-state index in [4.69, 9.17) is 18.6 Å². The first-order valence-electron chi connectivity index (χ1n) is 8.37. The van der Waals surface area contributed by atoms with Crippen LogP contribution >= 0.6 is 0 Å². The average Bonchev–Trinajstić information content (AvgIpc) is 3.37. The standard InChI is InChI=1S/C19H17N3O5/c1-12(27-14-2-3-16-17(8-14)26-11-25-16)19(23)22-9-15-18(21-6-5-20-15)13-4-7-24-10-13/h2-8,10,12H,9,11H2,1H3,(H,22,23)/t12-/m0/s1. The van der Waals surface area contributed by atoms with E-state index in [0.29, 0.717) is 28.6 Å². The second-order valence-corrected chi connectivity index (χ2v) is 5.86. The van der Waals surface area contributed by atoms with Crippen molar-refractivity contribution in [2.24, 2.45) is 0 Å². The first kappa shape index (κ1) is 16.9. The molecule has 0 radical (unpaired) electrons. The maximum absolute atomic E-state index is 12.4. The van der Waals surface area contributed by atoms with E-state index in [9.17, 15) is 4.79 Å². The number of amides is 1. The van der Waals surface area contributed by atoms with Crippen LogP contribution < -0.4 is 19.5 Å².